The number of amides is 1. The number of halogens is 2. The topological polar surface area (TPSA) is 51.5 Å². The van der Waals surface area contributed by atoms with Gasteiger partial charge in [-0.1, -0.05) is 68.2 Å². The fourth-order valence-corrected chi connectivity index (χ4v) is 3.41. The van der Waals surface area contributed by atoms with Crippen LogP contribution in [0.5, 0.6) is 5.75 Å². The smallest absolute Gasteiger partial charge is 0.287 e. The quantitative estimate of drug-likeness (QED) is 0.399. The van der Waals surface area contributed by atoms with Gasteiger partial charge < -0.3 is 14.5 Å². The van der Waals surface area contributed by atoms with E-state index in [1.54, 1.807) is 30.3 Å². The molecule has 0 bridgehead atoms. The Hall–Kier alpha value is -2.43. The summed E-state index contributed by atoms with van der Waals surface area (Å²) in [5.41, 5.74) is 2.34. The summed E-state index contributed by atoms with van der Waals surface area (Å²) in [7, 11) is 0. The number of ether oxygens (including phenoxy) is 1. The van der Waals surface area contributed by atoms with Crippen molar-refractivity contribution < 1.29 is 13.9 Å². The summed E-state index contributed by atoms with van der Waals surface area (Å²) in [6.07, 6.45) is 0.775. The molecule has 0 saturated heterocycles. The fraction of sp³-hybridized carbons (Fsp3) is 0.292. The lowest BCUT2D eigenvalue weighted by atomic mass is 9.98. The first-order chi connectivity index (χ1) is 14.4. The van der Waals surface area contributed by atoms with E-state index in [-0.39, 0.29) is 24.3 Å². The normalized spacial score (nSPS) is 12.1. The Morgan fingerprint density at radius 2 is 1.73 bits per heavy atom. The van der Waals surface area contributed by atoms with E-state index in [4.69, 9.17) is 32.4 Å². The van der Waals surface area contributed by atoms with Crippen molar-refractivity contribution in [3.05, 3.63) is 87.3 Å². The summed E-state index contributed by atoms with van der Waals surface area (Å²) in [5, 5.41) is 4.02. The second kappa shape index (κ2) is 10.1. The number of carbonyl (C=O) groups is 1. The van der Waals surface area contributed by atoms with Gasteiger partial charge in [0.2, 0.25) is 0 Å². The summed E-state index contributed by atoms with van der Waals surface area (Å²) in [6.45, 7) is 6.50. The molecular weight excluding hydrogens is 421 g/mol. The molecule has 1 heterocycles. The van der Waals surface area contributed by atoms with Crippen LogP contribution in [0.25, 0.3) is 0 Å². The van der Waals surface area contributed by atoms with Crippen molar-refractivity contribution in [2.75, 3.05) is 0 Å². The molecule has 0 aliphatic heterocycles. The Morgan fingerprint density at radius 1 is 1.03 bits per heavy atom. The van der Waals surface area contributed by atoms with Crippen molar-refractivity contribution in [2.24, 2.45) is 0 Å². The molecule has 0 aliphatic rings. The lowest BCUT2D eigenvalue weighted by Gasteiger charge is -2.17. The number of benzene rings is 2. The highest BCUT2D eigenvalue weighted by atomic mass is 35.5. The second-order valence-electron chi connectivity index (χ2n) is 7.39. The number of rotatable bonds is 8. The van der Waals surface area contributed by atoms with E-state index < -0.39 is 0 Å². The van der Waals surface area contributed by atoms with Gasteiger partial charge in [-0.25, -0.2) is 0 Å². The highest BCUT2D eigenvalue weighted by Gasteiger charge is 2.17. The molecule has 2 aromatic carbocycles. The van der Waals surface area contributed by atoms with E-state index in [0.29, 0.717) is 27.5 Å². The minimum atomic E-state index is -0.262. The Morgan fingerprint density at radius 3 is 2.40 bits per heavy atom. The van der Waals surface area contributed by atoms with Gasteiger partial charge in [-0.05, 0) is 47.7 Å². The number of nitrogens with one attached hydrogen (secondary N) is 1. The number of hydrogen-bond acceptors (Lipinski definition) is 3. The van der Waals surface area contributed by atoms with Gasteiger partial charge in [0.25, 0.3) is 5.91 Å². The molecule has 1 N–H and O–H groups in total. The summed E-state index contributed by atoms with van der Waals surface area (Å²) >= 11 is 12.1. The fourth-order valence-electron chi connectivity index (χ4n) is 3.08. The summed E-state index contributed by atoms with van der Waals surface area (Å²) in [4.78, 5) is 12.7. The van der Waals surface area contributed by atoms with Crippen LogP contribution >= 0.6 is 23.2 Å². The van der Waals surface area contributed by atoms with Gasteiger partial charge in [0, 0.05) is 11.1 Å². The molecule has 0 radical (unpaired) electrons. The zero-order valence-corrected chi connectivity index (χ0v) is 18.8. The minimum absolute atomic E-state index is 0.0891. The number of carbonyl (C=O) groups excluding carboxylic acids is 1. The third-order valence-electron chi connectivity index (χ3n) is 4.87. The van der Waals surface area contributed by atoms with Crippen LogP contribution in [0.1, 0.15) is 66.6 Å². The summed E-state index contributed by atoms with van der Waals surface area (Å²) in [5.74, 6) is 1.43. The van der Waals surface area contributed by atoms with Crippen molar-refractivity contribution in [3.8, 4) is 5.75 Å². The number of hydrogen-bond donors (Lipinski definition) is 1. The van der Waals surface area contributed by atoms with Crippen LogP contribution < -0.4 is 10.1 Å². The van der Waals surface area contributed by atoms with Gasteiger partial charge >= 0.3 is 0 Å². The summed E-state index contributed by atoms with van der Waals surface area (Å²) < 4.78 is 11.3. The van der Waals surface area contributed by atoms with Gasteiger partial charge in [-0.2, -0.15) is 0 Å². The predicted molar refractivity (Wildman–Crippen MR) is 121 cm³/mol. The lowest BCUT2D eigenvalue weighted by Crippen LogP contribution is -2.27. The standard InChI is InChI=1S/C24H25Cl2NO3/c1-4-21(17-7-5-16(6-8-17)15(2)3)27-24(28)22-12-10-19(30-22)14-29-23-13-18(25)9-11-20(23)26/h5-13,15,21H,4,14H2,1-3H3,(H,27,28)/t21-/m0/s1. The Labute approximate surface area is 187 Å². The van der Waals surface area contributed by atoms with Crippen molar-refractivity contribution in [3.63, 3.8) is 0 Å². The number of furan rings is 1. The third kappa shape index (κ3) is 5.59. The van der Waals surface area contributed by atoms with Crippen molar-refractivity contribution in [1.82, 2.24) is 5.32 Å². The van der Waals surface area contributed by atoms with Crippen LogP contribution in [0, 0.1) is 0 Å². The second-order valence-corrected chi connectivity index (χ2v) is 8.23. The van der Waals surface area contributed by atoms with Crippen LogP contribution in [0.2, 0.25) is 10.0 Å². The molecule has 0 unspecified atom stereocenters. The first-order valence-electron chi connectivity index (χ1n) is 9.94. The van der Waals surface area contributed by atoms with Crippen LogP contribution in [-0.2, 0) is 6.61 Å². The summed E-state index contributed by atoms with van der Waals surface area (Å²) in [6, 6.07) is 16.6. The van der Waals surface area contributed by atoms with Gasteiger partial charge in [0.15, 0.2) is 5.76 Å². The van der Waals surface area contributed by atoms with E-state index in [2.05, 4.69) is 43.4 Å². The highest BCUT2D eigenvalue weighted by molar-refractivity contribution is 6.34. The molecule has 0 fully saturated rings. The van der Waals surface area contributed by atoms with Crippen molar-refractivity contribution >= 4 is 29.1 Å². The SMILES string of the molecule is CC[C@H](NC(=O)c1ccc(COc2cc(Cl)ccc2Cl)o1)c1ccc(C(C)C)cc1. The monoisotopic (exact) mass is 445 g/mol. The molecule has 158 valence electrons. The molecule has 6 heteroatoms. The molecule has 1 atom stereocenters. The molecule has 0 saturated carbocycles. The lowest BCUT2D eigenvalue weighted by molar-refractivity contribution is 0.0903. The molecule has 4 nitrogen and oxygen atoms in total. The maximum atomic E-state index is 12.7. The first kappa shape index (κ1) is 22.3. The molecule has 1 amide bonds. The van der Waals surface area contributed by atoms with Gasteiger partial charge in [0.1, 0.15) is 18.1 Å². The molecule has 0 aliphatic carbocycles. The largest absolute Gasteiger partial charge is 0.484 e. The van der Waals surface area contributed by atoms with E-state index in [0.717, 1.165) is 12.0 Å². The Kier molecular flexibility index (Phi) is 7.46. The van der Waals surface area contributed by atoms with E-state index >= 15 is 0 Å². The first-order valence-corrected chi connectivity index (χ1v) is 10.7. The van der Waals surface area contributed by atoms with Crippen LogP contribution in [0.3, 0.4) is 0 Å². The maximum absolute atomic E-state index is 12.7. The van der Waals surface area contributed by atoms with Crippen LogP contribution in [0.4, 0.5) is 0 Å². The Balaban J connectivity index is 1.62. The zero-order valence-electron chi connectivity index (χ0n) is 17.2. The molecular formula is C24H25Cl2NO3. The predicted octanol–water partition coefficient (Wildman–Crippen LogP) is 7.17. The van der Waals surface area contributed by atoms with Gasteiger partial charge in [0.05, 0.1) is 11.1 Å². The average molecular weight is 446 g/mol. The molecule has 0 spiro atoms. The minimum Gasteiger partial charge on any atom is -0.484 e. The molecule has 30 heavy (non-hydrogen) atoms. The van der Waals surface area contributed by atoms with E-state index in [1.807, 2.05) is 6.92 Å². The van der Waals surface area contributed by atoms with E-state index in [9.17, 15) is 4.79 Å². The zero-order chi connectivity index (χ0) is 21.7. The molecule has 3 aromatic rings. The maximum Gasteiger partial charge on any atom is 0.287 e. The average Bonchev–Trinajstić information content (AvgIpc) is 3.22. The van der Waals surface area contributed by atoms with Gasteiger partial charge in [-0.3, -0.25) is 4.79 Å². The molecule has 3 rings (SSSR count). The highest BCUT2D eigenvalue weighted by Crippen LogP contribution is 2.28. The Bertz CT molecular complexity index is 996. The van der Waals surface area contributed by atoms with Crippen LogP contribution in [0.15, 0.2) is 59.0 Å². The van der Waals surface area contributed by atoms with Crippen LogP contribution in [-0.4, -0.2) is 5.91 Å². The molecule has 1 aromatic heterocycles. The van der Waals surface area contributed by atoms with Crippen molar-refractivity contribution in [2.45, 2.75) is 45.8 Å². The third-order valence-corrected chi connectivity index (χ3v) is 5.42. The van der Waals surface area contributed by atoms with Gasteiger partial charge in [-0.15, -0.1) is 0 Å². The van der Waals surface area contributed by atoms with E-state index in [1.165, 1.54) is 5.56 Å². The van der Waals surface area contributed by atoms with Crippen molar-refractivity contribution in [1.29, 1.82) is 0 Å².